The van der Waals surface area contributed by atoms with Crippen molar-refractivity contribution in [3.8, 4) is 5.75 Å². The summed E-state index contributed by atoms with van der Waals surface area (Å²) >= 11 is 0. The van der Waals surface area contributed by atoms with E-state index in [1.54, 1.807) is 12.1 Å². The molecule has 0 aliphatic carbocycles. The second-order valence-electron chi connectivity index (χ2n) is 3.07. The Labute approximate surface area is 80.0 Å². The van der Waals surface area contributed by atoms with Crippen molar-refractivity contribution < 1.29 is 5.11 Å². The van der Waals surface area contributed by atoms with Crippen LogP contribution >= 0.6 is 0 Å². The van der Waals surface area contributed by atoms with Gasteiger partial charge in [0.1, 0.15) is 5.75 Å². The van der Waals surface area contributed by atoms with Gasteiger partial charge >= 0.3 is 0 Å². The first kappa shape index (κ1) is 8.77. The van der Waals surface area contributed by atoms with E-state index < -0.39 is 0 Å². The number of H-pyrrole nitrogens is 1. The monoisotopic (exact) mass is 190 g/mol. The van der Waals surface area contributed by atoms with Crippen molar-refractivity contribution in [3.05, 3.63) is 40.2 Å². The molecule has 1 aromatic carbocycles. The number of nitrogens with two attached hydrogens (primary N) is 1. The second-order valence-corrected chi connectivity index (χ2v) is 3.07. The average Bonchev–Trinajstić information content (AvgIpc) is 2.19. The van der Waals surface area contributed by atoms with E-state index in [-0.39, 0.29) is 17.9 Å². The number of phenols is 1. The summed E-state index contributed by atoms with van der Waals surface area (Å²) in [7, 11) is 0. The zero-order chi connectivity index (χ0) is 10.1. The van der Waals surface area contributed by atoms with E-state index in [0.29, 0.717) is 11.1 Å². The largest absolute Gasteiger partial charge is 0.506 e. The van der Waals surface area contributed by atoms with E-state index in [2.05, 4.69) is 4.98 Å². The van der Waals surface area contributed by atoms with Gasteiger partial charge in [-0.25, -0.2) is 0 Å². The lowest BCUT2D eigenvalue weighted by Crippen LogP contribution is -2.15. The second kappa shape index (κ2) is 3.16. The van der Waals surface area contributed by atoms with Crippen LogP contribution in [0.1, 0.15) is 5.56 Å². The Kier molecular flexibility index (Phi) is 1.98. The van der Waals surface area contributed by atoms with E-state index in [1.165, 1.54) is 6.07 Å². The molecule has 0 unspecified atom stereocenters. The zero-order valence-corrected chi connectivity index (χ0v) is 7.45. The Morgan fingerprint density at radius 3 is 2.93 bits per heavy atom. The number of aromatic nitrogens is 1. The predicted octanol–water partition coefficient (Wildman–Crippen LogP) is 0.692. The highest BCUT2D eigenvalue weighted by atomic mass is 16.3. The maximum absolute atomic E-state index is 11.4. The fourth-order valence-electron chi connectivity index (χ4n) is 1.41. The highest BCUT2D eigenvalue weighted by Gasteiger charge is 2.03. The van der Waals surface area contributed by atoms with E-state index in [0.717, 1.165) is 5.39 Å². The van der Waals surface area contributed by atoms with Gasteiger partial charge in [0.15, 0.2) is 0 Å². The smallest absolute Gasteiger partial charge is 0.253 e. The van der Waals surface area contributed by atoms with Gasteiger partial charge in [-0.05, 0) is 12.1 Å². The lowest BCUT2D eigenvalue weighted by atomic mass is 10.1. The SMILES string of the molecule is NCc1cc2cccc(O)c2[nH]c1=O. The summed E-state index contributed by atoms with van der Waals surface area (Å²) in [5.74, 6) is 0.0724. The van der Waals surface area contributed by atoms with Crippen LogP contribution in [0.3, 0.4) is 0 Å². The summed E-state index contributed by atoms with van der Waals surface area (Å²) < 4.78 is 0. The number of benzene rings is 1. The molecule has 4 heteroatoms. The van der Waals surface area contributed by atoms with E-state index in [9.17, 15) is 9.90 Å². The Balaban J connectivity index is 2.86. The molecule has 1 heterocycles. The van der Waals surface area contributed by atoms with Crippen molar-refractivity contribution in [2.24, 2.45) is 5.73 Å². The van der Waals surface area contributed by atoms with Gasteiger partial charge in [-0.3, -0.25) is 4.79 Å². The van der Waals surface area contributed by atoms with Gasteiger partial charge in [-0.1, -0.05) is 12.1 Å². The maximum Gasteiger partial charge on any atom is 0.253 e. The number of pyridine rings is 1. The van der Waals surface area contributed by atoms with Crippen molar-refractivity contribution in [1.82, 2.24) is 4.98 Å². The summed E-state index contributed by atoms with van der Waals surface area (Å²) in [6, 6.07) is 6.74. The molecule has 0 aliphatic heterocycles. The quantitative estimate of drug-likeness (QED) is 0.619. The molecule has 0 bridgehead atoms. The molecule has 0 saturated heterocycles. The predicted molar refractivity (Wildman–Crippen MR) is 54.1 cm³/mol. The molecule has 0 radical (unpaired) electrons. The van der Waals surface area contributed by atoms with Crippen LogP contribution in [-0.4, -0.2) is 10.1 Å². The number of aromatic hydroxyl groups is 1. The standard InChI is InChI=1S/C10H10N2O2/c11-5-7-4-6-2-1-3-8(13)9(6)12-10(7)14/h1-4,13H,5,11H2,(H,12,14). The maximum atomic E-state index is 11.4. The fraction of sp³-hybridized carbons (Fsp3) is 0.100. The summed E-state index contributed by atoms with van der Waals surface area (Å²) in [5.41, 5.74) is 6.12. The third-order valence-corrected chi connectivity index (χ3v) is 2.15. The average molecular weight is 190 g/mol. The van der Waals surface area contributed by atoms with Crippen molar-refractivity contribution in [3.63, 3.8) is 0 Å². The molecule has 4 N–H and O–H groups in total. The van der Waals surface area contributed by atoms with Crippen LogP contribution in [0.5, 0.6) is 5.75 Å². The molecule has 14 heavy (non-hydrogen) atoms. The first-order chi connectivity index (χ1) is 6.72. The molecule has 2 rings (SSSR count). The molecule has 0 atom stereocenters. The summed E-state index contributed by atoms with van der Waals surface area (Å²) in [6.07, 6.45) is 0. The lowest BCUT2D eigenvalue weighted by molar-refractivity contribution is 0.480. The minimum absolute atomic E-state index is 0.0724. The number of fused-ring (bicyclic) bond motifs is 1. The van der Waals surface area contributed by atoms with Gasteiger partial charge in [0, 0.05) is 17.5 Å². The van der Waals surface area contributed by atoms with Crippen LogP contribution in [0.4, 0.5) is 0 Å². The summed E-state index contributed by atoms with van der Waals surface area (Å²) in [6.45, 7) is 0.195. The topological polar surface area (TPSA) is 79.1 Å². The van der Waals surface area contributed by atoms with Gasteiger partial charge in [0.05, 0.1) is 5.52 Å². The van der Waals surface area contributed by atoms with Crippen LogP contribution < -0.4 is 11.3 Å². The van der Waals surface area contributed by atoms with Gasteiger partial charge in [-0.2, -0.15) is 0 Å². The van der Waals surface area contributed by atoms with Gasteiger partial charge in [0.25, 0.3) is 5.56 Å². The summed E-state index contributed by atoms with van der Waals surface area (Å²) in [4.78, 5) is 14.0. The minimum Gasteiger partial charge on any atom is -0.506 e. The highest BCUT2D eigenvalue weighted by Crippen LogP contribution is 2.20. The summed E-state index contributed by atoms with van der Waals surface area (Å²) in [5, 5.41) is 10.2. The normalized spacial score (nSPS) is 10.6. The van der Waals surface area contributed by atoms with Gasteiger partial charge in [-0.15, -0.1) is 0 Å². The number of aromatic amines is 1. The first-order valence-electron chi connectivity index (χ1n) is 4.26. The number of para-hydroxylation sites is 1. The molecule has 0 spiro atoms. The number of hydrogen-bond acceptors (Lipinski definition) is 3. The highest BCUT2D eigenvalue weighted by molar-refractivity contribution is 5.84. The lowest BCUT2D eigenvalue weighted by Gasteiger charge is -2.02. The van der Waals surface area contributed by atoms with E-state index >= 15 is 0 Å². The molecular weight excluding hydrogens is 180 g/mol. The van der Waals surface area contributed by atoms with Crippen LogP contribution in [-0.2, 0) is 6.54 Å². The molecule has 1 aromatic heterocycles. The Morgan fingerprint density at radius 2 is 2.21 bits per heavy atom. The van der Waals surface area contributed by atoms with Crippen molar-refractivity contribution in [2.45, 2.75) is 6.54 Å². The molecule has 0 fully saturated rings. The number of rotatable bonds is 1. The number of phenolic OH excluding ortho intramolecular Hbond substituents is 1. The van der Waals surface area contributed by atoms with Crippen molar-refractivity contribution in [2.75, 3.05) is 0 Å². The van der Waals surface area contributed by atoms with Crippen molar-refractivity contribution in [1.29, 1.82) is 0 Å². The molecule has 4 nitrogen and oxygen atoms in total. The van der Waals surface area contributed by atoms with Crippen molar-refractivity contribution >= 4 is 10.9 Å². The minimum atomic E-state index is -0.249. The first-order valence-corrected chi connectivity index (χ1v) is 4.26. The van der Waals surface area contributed by atoms with E-state index in [1.807, 2.05) is 6.07 Å². The van der Waals surface area contributed by atoms with Crippen LogP contribution in [0.15, 0.2) is 29.1 Å². The number of nitrogens with one attached hydrogen (secondary N) is 1. The molecule has 0 amide bonds. The van der Waals surface area contributed by atoms with Crippen LogP contribution in [0.2, 0.25) is 0 Å². The van der Waals surface area contributed by atoms with E-state index in [4.69, 9.17) is 5.73 Å². The molecular formula is C10H10N2O2. The Morgan fingerprint density at radius 1 is 1.43 bits per heavy atom. The Hall–Kier alpha value is -1.81. The Bertz CT molecular complexity index is 531. The van der Waals surface area contributed by atoms with Crippen LogP contribution in [0.25, 0.3) is 10.9 Å². The molecule has 2 aromatic rings. The molecule has 72 valence electrons. The third-order valence-electron chi connectivity index (χ3n) is 2.15. The molecule has 0 aliphatic rings. The third kappa shape index (κ3) is 1.25. The van der Waals surface area contributed by atoms with Gasteiger partial charge in [0.2, 0.25) is 0 Å². The molecule has 0 saturated carbocycles. The van der Waals surface area contributed by atoms with Gasteiger partial charge < -0.3 is 15.8 Å². The zero-order valence-electron chi connectivity index (χ0n) is 7.45. The fourth-order valence-corrected chi connectivity index (χ4v) is 1.41. The number of hydrogen-bond donors (Lipinski definition) is 3. The van der Waals surface area contributed by atoms with Crippen LogP contribution in [0, 0.1) is 0 Å².